The number of halogens is 1. The van der Waals surface area contributed by atoms with Gasteiger partial charge in [-0.3, -0.25) is 0 Å². The molecule has 0 unspecified atom stereocenters. The minimum absolute atomic E-state index is 0.275. The summed E-state index contributed by atoms with van der Waals surface area (Å²) in [6, 6.07) is 21.9. The van der Waals surface area contributed by atoms with E-state index in [1.165, 1.54) is 36.4 Å². The Morgan fingerprint density at radius 1 is 1.03 bits per heavy atom. The summed E-state index contributed by atoms with van der Waals surface area (Å²) < 4.78 is 22.5. The third kappa shape index (κ3) is 3.52. The van der Waals surface area contributed by atoms with Gasteiger partial charge in [-0.2, -0.15) is 5.26 Å². The highest BCUT2D eigenvalue weighted by molar-refractivity contribution is 5.89. The number of para-hydroxylation sites is 2. The van der Waals surface area contributed by atoms with Crippen LogP contribution in [0.1, 0.15) is 59.7 Å². The lowest BCUT2D eigenvalue weighted by molar-refractivity contribution is 0.305. The Balaban J connectivity index is 1.35. The third-order valence-corrected chi connectivity index (χ3v) is 7.38. The van der Waals surface area contributed by atoms with Gasteiger partial charge in [0.25, 0.3) is 0 Å². The Bertz CT molecular complexity index is 1570. The SMILES string of the molecule is N#CC(=C1c2ccc(Cn3c(C4CC4)nc4ccccc43)cc2COc2cc(F)ccc21)C1CC1. The molecule has 0 saturated heterocycles. The van der Waals surface area contributed by atoms with Crippen LogP contribution in [0, 0.1) is 23.1 Å². The molecule has 2 heterocycles. The van der Waals surface area contributed by atoms with Crippen molar-refractivity contribution in [3.8, 4) is 11.8 Å². The monoisotopic (exact) mass is 461 g/mol. The maximum atomic E-state index is 14.1. The molecule has 5 heteroatoms. The molecule has 4 aromatic rings. The quantitative estimate of drug-likeness (QED) is 0.317. The van der Waals surface area contributed by atoms with Crippen LogP contribution in [-0.2, 0) is 13.2 Å². The first-order valence-corrected chi connectivity index (χ1v) is 12.3. The second-order valence-corrected chi connectivity index (χ2v) is 9.91. The standard InChI is InChI=1S/C30H24FN3O/c31-22-10-12-24-28(14-22)35-17-21-13-18(5-11-23(21)29(24)25(15-32)19-6-7-19)16-34-27-4-2-1-3-26(27)33-30(34)20-8-9-20/h1-5,10-14,19-20H,6-9,16-17H2. The van der Waals surface area contributed by atoms with E-state index in [9.17, 15) is 9.65 Å². The number of nitriles is 1. The molecule has 0 radical (unpaired) electrons. The zero-order valence-electron chi connectivity index (χ0n) is 19.3. The van der Waals surface area contributed by atoms with E-state index in [-0.39, 0.29) is 11.7 Å². The highest BCUT2D eigenvalue weighted by Crippen LogP contribution is 2.46. The van der Waals surface area contributed by atoms with Gasteiger partial charge in [0.2, 0.25) is 0 Å². The maximum absolute atomic E-state index is 14.1. The average molecular weight is 462 g/mol. The van der Waals surface area contributed by atoms with E-state index in [1.807, 2.05) is 6.07 Å². The van der Waals surface area contributed by atoms with Crippen LogP contribution in [0.15, 0.2) is 66.2 Å². The van der Waals surface area contributed by atoms with Crippen LogP contribution in [0.4, 0.5) is 4.39 Å². The van der Waals surface area contributed by atoms with E-state index in [2.05, 4.69) is 47.0 Å². The van der Waals surface area contributed by atoms with Gasteiger partial charge in [-0.25, -0.2) is 9.37 Å². The minimum Gasteiger partial charge on any atom is -0.488 e. The first-order chi connectivity index (χ1) is 17.2. The highest BCUT2D eigenvalue weighted by Gasteiger charge is 2.33. The van der Waals surface area contributed by atoms with Gasteiger partial charge in [-0.1, -0.05) is 24.3 Å². The van der Waals surface area contributed by atoms with Gasteiger partial charge in [-0.05, 0) is 78.6 Å². The molecule has 0 N–H and O–H groups in total. The Morgan fingerprint density at radius 3 is 2.66 bits per heavy atom. The van der Waals surface area contributed by atoms with Crippen LogP contribution in [-0.4, -0.2) is 9.55 Å². The molecule has 3 aliphatic rings. The summed E-state index contributed by atoms with van der Waals surface area (Å²) >= 11 is 0. The van der Waals surface area contributed by atoms with Gasteiger partial charge < -0.3 is 9.30 Å². The number of hydrogen-bond donors (Lipinski definition) is 0. The fourth-order valence-electron chi connectivity index (χ4n) is 5.34. The number of nitrogens with zero attached hydrogens (tertiary/aromatic N) is 3. The summed E-state index contributed by atoms with van der Waals surface area (Å²) in [7, 11) is 0. The van der Waals surface area contributed by atoms with Crippen molar-refractivity contribution < 1.29 is 9.13 Å². The van der Waals surface area contributed by atoms with Crippen LogP contribution in [0.2, 0.25) is 0 Å². The smallest absolute Gasteiger partial charge is 0.130 e. The van der Waals surface area contributed by atoms with Gasteiger partial charge >= 0.3 is 0 Å². The van der Waals surface area contributed by atoms with Gasteiger partial charge in [-0.15, -0.1) is 0 Å². The first-order valence-electron chi connectivity index (χ1n) is 12.3. The fraction of sp³-hybridized carbons (Fsp3) is 0.267. The highest BCUT2D eigenvalue weighted by atomic mass is 19.1. The summed E-state index contributed by atoms with van der Waals surface area (Å²) in [6.45, 7) is 1.07. The molecule has 0 amide bonds. The van der Waals surface area contributed by atoms with E-state index >= 15 is 0 Å². The number of fused-ring (bicyclic) bond motifs is 3. The summed E-state index contributed by atoms with van der Waals surface area (Å²) in [4.78, 5) is 4.94. The van der Waals surface area contributed by atoms with Crippen LogP contribution < -0.4 is 4.74 Å². The lowest BCUT2D eigenvalue weighted by atomic mass is 9.88. The van der Waals surface area contributed by atoms with E-state index in [0.29, 0.717) is 18.3 Å². The number of rotatable bonds is 4. The molecule has 4 nitrogen and oxygen atoms in total. The second-order valence-electron chi connectivity index (χ2n) is 9.91. The molecule has 35 heavy (non-hydrogen) atoms. The Labute approximate surface area is 203 Å². The maximum Gasteiger partial charge on any atom is 0.130 e. The predicted octanol–water partition coefficient (Wildman–Crippen LogP) is 6.73. The van der Waals surface area contributed by atoms with E-state index in [1.54, 1.807) is 6.07 Å². The Kier molecular flexibility index (Phi) is 4.57. The summed E-state index contributed by atoms with van der Waals surface area (Å²) in [5, 5.41) is 10.1. The van der Waals surface area contributed by atoms with E-state index in [4.69, 9.17) is 9.72 Å². The number of allylic oxidation sites excluding steroid dienone is 1. The van der Waals surface area contributed by atoms with Crippen molar-refractivity contribution >= 4 is 16.6 Å². The van der Waals surface area contributed by atoms with Crippen molar-refractivity contribution in [2.45, 2.75) is 44.8 Å². The molecule has 3 aromatic carbocycles. The Hall–Kier alpha value is -3.91. The zero-order chi connectivity index (χ0) is 23.5. The van der Waals surface area contributed by atoms with Crippen LogP contribution in [0.3, 0.4) is 0 Å². The number of ether oxygens (including phenoxy) is 1. The summed E-state index contributed by atoms with van der Waals surface area (Å²) in [5.74, 6) is 2.16. The molecule has 1 aromatic heterocycles. The number of aromatic nitrogens is 2. The van der Waals surface area contributed by atoms with Gasteiger partial charge in [0.05, 0.1) is 17.1 Å². The lowest BCUT2D eigenvalue weighted by Gasteiger charge is -2.15. The molecule has 0 atom stereocenters. The van der Waals surface area contributed by atoms with Gasteiger partial charge in [0.15, 0.2) is 0 Å². The first kappa shape index (κ1) is 20.5. The molecule has 0 spiro atoms. The van der Waals surface area contributed by atoms with E-state index < -0.39 is 0 Å². The number of hydrogen-bond acceptors (Lipinski definition) is 3. The number of imidazole rings is 1. The summed E-state index contributed by atoms with van der Waals surface area (Å²) in [5.41, 5.74) is 7.89. The number of benzene rings is 3. The largest absolute Gasteiger partial charge is 0.488 e. The molecular formula is C30H24FN3O. The molecular weight excluding hydrogens is 437 g/mol. The summed E-state index contributed by atoms with van der Waals surface area (Å²) in [6.07, 6.45) is 4.44. The van der Waals surface area contributed by atoms with Gasteiger partial charge in [0, 0.05) is 35.2 Å². The van der Waals surface area contributed by atoms with Crippen molar-refractivity contribution in [2.75, 3.05) is 0 Å². The lowest BCUT2D eigenvalue weighted by Crippen LogP contribution is -2.06. The van der Waals surface area contributed by atoms with Crippen molar-refractivity contribution in [3.63, 3.8) is 0 Å². The predicted molar refractivity (Wildman–Crippen MR) is 132 cm³/mol. The third-order valence-electron chi connectivity index (χ3n) is 7.38. The van der Waals surface area contributed by atoms with E-state index in [0.717, 1.165) is 58.3 Å². The average Bonchev–Trinajstić information content (AvgIpc) is 3.79. The van der Waals surface area contributed by atoms with Crippen molar-refractivity contribution in [2.24, 2.45) is 5.92 Å². The molecule has 2 fully saturated rings. The van der Waals surface area contributed by atoms with Crippen LogP contribution >= 0.6 is 0 Å². The zero-order valence-corrected chi connectivity index (χ0v) is 19.3. The molecule has 0 bridgehead atoms. The molecule has 172 valence electrons. The van der Waals surface area contributed by atoms with Crippen molar-refractivity contribution in [3.05, 3.63) is 100 Å². The minimum atomic E-state index is -0.334. The molecule has 2 aliphatic carbocycles. The molecule has 2 saturated carbocycles. The fourth-order valence-corrected chi connectivity index (χ4v) is 5.34. The normalized spacial score (nSPS) is 18.3. The van der Waals surface area contributed by atoms with Crippen molar-refractivity contribution in [1.29, 1.82) is 5.26 Å². The second kappa shape index (κ2) is 7.81. The molecule has 1 aliphatic heterocycles. The molecule has 7 rings (SSSR count). The van der Waals surface area contributed by atoms with Crippen LogP contribution in [0.5, 0.6) is 5.75 Å². The van der Waals surface area contributed by atoms with Crippen LogP contribution in [0.25, 0.3) is 16.6 Å². The Morgan fingerprint density at radius 2 is 1.86 bits per heavy atom. The van der Waals surface area contributed by atoms with Crippen molar-refractivity contribution in [1.82, 2.24) is 9.55 Å². The topological polar surface area (TPSA) is 50.8 Å². The van der Waals surface area contributed by atoms with Gasteiger partial charge in [0.1, 0.15) is 24.0 Å².